The summed E-state index contributed by atoms with van der Waals surface area (Å²) in [5, 5.41) is 14.2. The number of hydrogen-bond acceptors (Lipinski definition) is 5. The number of nitro groups is 1. The molecule has 0 radical (unpaired) electrons. The molecule has 138 valence electrons. The Hall–Kier alpha value is -3.22. The minimum Gasteiger partial charge on any atom is -0.482 e. The van der Waals surface area contributed by atoms with Crippen molar-refractivity contribution >= 4 is 17.4 Å². The van der Waals surface area contributed by atoms with Gasteiger partial charge in [-0.25, -0.2) is 0 Å². The molecule has 1 N–H and O–H groups in total. The van der Waals surface area contributed by atoms with Crippen LogP contribution in [0.2, 0.25) is 0 Å². The number of amides is 1. The first kappa shape index (κ1) is 17.2. The molecule has 2 unspecified atom stereocenters. The summed E-state index contributed by atoms with van der Waals surface area (Å²) in [7, 11) is 0. The van der Waals surface area contributed by atoms with Gasteiger partial charge in [-0.3, -0.25) is 19.7 Å². The maximum Gasteiger partial charge on any atom is 0.280 e. The Kier molecular flexibility index (Phi) is 3.59. The maximum absolute atomic E-state index is 13.4. The van der Waals surface area contributed by atoms with Gasteiger partial charge in [0.1, 0.15) is 11.3 Å². The number of fused-ring (bicyclic) bond motifs is 5. The van der Waals surface area contributed by atoms with Crippen LogP contribution in [0.5, 0.6) is 5.75 Å². The van der Waals surface area contributed by atoms with Crippen LogP contribution in [0.25, 0.3) is 0 Å². The molecule has 1 aliphatic heterocycles. The van der Waals surface area contributed by atoms with Gasteiger partial charge in [-0.15, -0.1) is 0 Å². The molecule has 0 fully saturated rings. The van der Waals surface area contributed by atoms with Crippen molar-refractivity contribution in [2.45, 2.75) is 38.3 Å². The fraction of sp³-hybridized carbons (Fsp3) is 0.300. The molecular weight excluding hydrogens is 348 g/mol. The zero-order valence-electron chi connectivity index (χ0n) is 15.1. The minimum absolute atomic E-state index is 0.000152. The Balaban J connectivity index is 1.97. The number of nitro benzene ring substituents is 1. The van der Waals surface area contributed by atoms with E-state index in [9.17, 15) is 19.7 Å². The summed E-state index contributed by atoms with van der Waals surface area (Å²) in [4.78, 5) is 36.3. The van der Waals surface area contributed by atoms with Gasteiger partial charge in [0.2, 0.25) is 11.7 Å². The molecule has 2 atom stereocenters. The van der Waals surface area contributed by atoms with Crippen molar-refractivity contribution in [2.24, 2.45) is 0 Å². The molecule has 0 aromatic heterocycles. The van der Waals surface area contributed by atoms with E-state index in [1.807, 2.05) is 26.0 Å². The molecule has 7 nitrogen and oxygen atoms in total. The van der Waals surface area contributed by atoms with Crippen molar-refractivity contribution in [3.8, 4) is 5.75 Å². The summed E-state index contributed by atoms with van der Waals surface area (Å²) in [5.41, 5.74) is 0.233. The lowest BCUT2D eigenvalue weighted by Gasteiger charge is -2.27. The number of Topliss-reactive ketones (excluding diaryl/α,β-unsaturated/α-hetero) is 1. The molecule has 27 heavy (non-hydrogen) atoms. The molecule has 2 aromatic carbocycles. The summed E-state index contributed by atoms with van der Waals surface area (Å²) in [5.74, 6) is -0.139. The number of rotatable bonds is 3. The molecule has 0 saturated heterocycles. The van der Waals surface area contributed by atoms with E-state index in [0.29, 0.717) is 16.9 Å². The van der Waals surface area contributed by atoms with Gasteiger partial charge in [0.15, 0.2) is 11.6 Å². The number of carbonyl (C=O) groups is 2. The summed E-state index contributed by atoms with van der Waals surface area (Å²) >= 11 is 0. The Morgan fingerprint density at radius 3 is 2.67 bits per heavy atom. The van der Waals surface area contributed by atoms with Gasteiger partial charge in [0, 0.05) is 24.1 Å². The highest BCUT2D eigenvalue weighted by atomic mass is 16.6. The highest BCUT2D eigenvalue weighted by Crippen LogP contribution is 2.57. The van der Waals surface area contributed by atoms with Crippen LogP contribution < -0.4 is 10.1 Å². The fourth-order valence-corrected chi connectivity index (χ4v) is 4.06. The summed E-state index contributed by atoms with van der Waals surface area (Å²) in [6.07, 6.45) is -0.832. The van der Waals surface area contributed by atoms with E-state index in [0.717, 1.165) is 5.56 Å². The van der Waals surface area contributed by atoms with E-state index >= 15 is 0 Å². The van der Waals surface area contributed by atoms with Crippen LogP contribution in [-0.4, -0.2) is 16.6 Å². The maximum atomic E-state index is 13.4. The van der Waals surface area contributed by atoms with Gasteiger partial charge < -0.3 is 10.1 Å². The molecule has 1 aliphatic carbocycles. The number of hydrogen-bond donors (Lipinski definition) is 1. The molecular formula is C20H18N2O5. The van der Waals surface area contributed by atoms with E-state index < -0.39 is 28.3 Å². The van der Waals surface area contributed by atoms with E-state index in [4.69, 9.17) is 4.74 Å². The van der Waals surface area contributed by atoms with Crippen LogP contribution >= 0.6 is 0 Å². The molecule has 4 rings (SSSR count). The zero-order chi connectivity index (χ0) is 19.5. The van der Waals surface area contributed by atoms with E-state index in [1.54, 1.807) is 12.1 Å². The molecule has 2 aromatic rings. The van der Waals surface area contributed by atoms with Crippen molar-refractivity contribution in [1.29, 1.82) is 0 Å². The zero-order valence-corrected chi connectivity index (χ0v) is 15.1. The van der Waals surface area contributed by atoms with Crippen LogP contribution in [0.3, 0.4) is 0 Å². The smallest absolute Gasteiger partial charge is 0.280 e. The Bertz CT molecular complexity index is 1010. The van der Waals surface area contributed by atoms with Crippen molar-refractivity contribution in [1.82, 2.24) is 5.32 Å². The largest absolute Gasteiger partial charge is 0.482 e. The standard InChI is InChI=1S/C20H18N2O5/c1-10(2)12-7-8-14-16(9-12)27-19-13-5-4-6-15(22(25)26)17(13)18(24)20(14,19)21-11(3)23/h4-10,19H,1-3H3,(H,21,23). The summed E-state index contributed by atoms with van der Waals surface area (Å²) in [6.45, 7) is 5.41. The van der Waals surface area contributed by atoms with E-state index in [1.165, 1.54) is 19.1 Å². The Labute approximate surface area is 155 Å². The second-order valence-electron chi connectivity index (χ2n) is 7.22. The van der Waals surface area contributed by atoms with Crippen LogP contribution in [0.15, 0.2) is 36.4 Å². The van der Waals surface area contributed by atoms with Gasteiger partial charge in [0.05, 0.1) is 4.92 Å². The molecule has 1 amide bonds. The van der Waals surface area contributed by atoms with Crippen LogP contribution in [0, 0.1) is 10.1 Å². The SMILES string of the molecule is CC(=O)NC12C(=O)c3c(cccc3[N+](=O)[O-])C1Oc1cc(C(C)C)ccc12. The normalized spacial score (nSPS) is 22.1. The summed E-state index contributed by atoms with van der Waals surface area (Å²) < 4.78 is 6.10. The topological polar surface area (TPSA) is 98.5 Å². The van der Waals surface area contributed by atoms with Crippen LogP contribution in [0.4, 0.5) is 5.69 Å². The van der Waals surface area contributed by atoms with Crippen LogP contribution in [0.1, 0.15) is 59.8 Å². The number of benzene rings is 2. The first-order valence-electron chi connectivity index (χ1n) is 8.69. The predicted molar refractivity (Wildman–Crippen MR) is 96.8 cm³/mol. The average molecular weight is 366 g/mol. The molecule has 0 bridgehead atoms. The highest BCUT2D eigenvalue weighted by molar-refractivity contribution is 6.13. The molecule has 7 heteroatoms. The predicted octanol–water partition coefficient (Wildman–Crippen LogP) is 3.38. The molecule has 0 saturated carbocycles. The van der Waals surface area contributed by atoms with E-state index in [-0.39, 0.29) is 17.2 Å². The third-order valence-electron chi connectivity index (χ3n) is 5.25. The third-order valence-corrected chi connectivity index (χ3v) is 5.25. The van der Waals surface area contributed by atoms with Crippen LogP contribution in [-0.2, 0) is 10.3 Å². The second kappa shape index (κ2) is 5.64. The van der Waals surface area contributed by atoms with Crippen molar-refractivity contribution in [2.75, 3.05) is 0 Å². The molecule has 1 heterocycles. The number of ether oxygens (including phenoxy) is 1. The Morgan fingerprint density at radius 2 is 2.04 bits per heavy atom. The first-order chi connectivity index (χ1) is 12.8. The fourth-order valence-electron chi connectivity index (χ4n) is 4.06. The minimum atomic E-state index is -1.48. The molecule has 0 spiro atoms. The quantitative estimate of drug-likeness (QED) is 0.663. The van der Waals surface area contributed by atoms with Gasteiger partial charge in [-0.1, -0.05) is 38.1 Å². The van der Waals surface area contributed by atoms with Crippen molar-refractivity contribution < 1.29 is 19.2 Å². The molecule has 2 aliphatic rings. The Morgan fingerprint density at radius 1 is 1.30 bits per heavy atom. The number of ketones is 1. The third kappa shape index (κ3) is 2.21. The number of nitrogens with zero attached hydrogens (tertiary/aromatic N) is 1. The van der Waals surface area contributed by atoms with E-state index in [2.05, 4.69) is 5.32 Å². The lowest BCUT2D eigenvalue weighted by molar-refractivity contribution is -0.385. The second-order valence-corrected chi connectivity index (χ2v) is 7.22. The lowest BCUT2D eigenvalue weighted by Crippen LogP contribution is -2.50. The lowest BCUT2D eigenvalue weighted by atomic mass is 9.84. The van der Waals surface area contributed by atoms with Gasteiger partial charge in [0.25, 0.3) is 5.69 Å². The van der Waals surface area contributed by atoms with Crippen molar-refractivity contribution in [3.63, 3.8) is 0 Å². The van der Waals surface area contributed by atoms with Crippen molar-refractivity contribution in [3.05, 3.63) is 68.8 Å². The number of carbonyl (C=O) groups excluding carboxylic acids is 2. The average Bonchev–Trinajstić information content (AvgIpc) is 3.04. The summed E-state index contributed by atoms with van der Waals surface area (Å²) in [6, 6.07) is 10.00. The number of nitrogens with one attached hydrogen (secondary N) is 1. The monoisotopic (exact) mass is 366 g/mol. The van der Waals surface area contributed by atoms with Gasteiger partial charge >= 0.3 is 0 Å². The highest BCUT2D eigenvalue weighted by Gasteiger charge is 2.63. The van der Waals surface area contributed by atoms with Gasteiger partial charge in [-0.2, -0.15) is 0 Å². The van der Waals surface area contributed by atoms with Gasteiger partial charge in [-0.05, 0) is 17.5 Å². The first-order valence-corrected chi connectivity index (χ1v) is 8.69.